The van der Waals surface area contributed by atoms with E-state index in [9.17, 15) is 4.79 Å². The predicted molar refractivity (Wildman–Crippen MR) is 175 cm³/mol. The van der Waals surface area contributed by atoms with Gasteiger partial charge in [0.15, 0.2) is 0 Å². The third-order valence-corrected chi connectivity index (χ3v) is 11.6. The second kappa shape index (κ2) is 14.6. The predicted octanol–water partition coefficient (Wildman–Crippen LogP) is 5.03. The number of hydrogen-bond donors (Lipinski definition) is 1. The summed E-state index contributed by atoms with van der Waals surface area (Å²) in [5.41, 5.74) is 3.50. The number of carbonyl (C=O) groups is 1. The van der Waals surface area contributed by atoms with E-state index in [0.29, 0.717) is 42.4 Å². The number of nitrogens with zero attached hydrogens (tertiary/aromatic N) is 4. The molecule has 236 valence electrons. The number of benzene rings is 2. The van der Waals surface area contributed by atoms with Crippen molar-refractivity contribution in [2.45, 2.75) is 31.9 Å². The third kappa shape index (κ3) is 8.72. The molecule has 0 spiro atoms. The Morgan fingerprint density at radius 1 is 1.02 bits per heavy atom. The number of amides is 1. The van der Waals surface area contributed by atoms with Crippen LogP contribution in [0.4, 0.5) is 11.4 Å². The van der Waals surface area contributed by atoms with Crippen molar-refractivity contribution in [2.24, 2.45) is 0 Å². The van der Waals surface area contributed by atoms with E-state index in [4.69, 9.17) is 23.4 Å². The van der Waals surface area contributed by atoms with Crippen LogP contribution in [0.1, 0.15) is 37.7 Å². The van der Waals surface area contributed by atoms with E-state index in [1.807, 2.05) is 36.4 Å². The summed E-state index contributed by atoms with van der Waals surface area (Å²) in [6, 6.07) is 11.8. The van der Waals surface area contributed by atoms with Crippen LogP contribution < -0.4 is 19.7 Å². The van der Waals surface area contributed by atoms with Crippen LogP contribution in [-0.2, 0) is 8.92 Å². The number of methoxy groups -OCH3 is 2. The van der Waals surface area contributed by atoms with E-state index in [-0.39, 0.29) is 10.7 Å². The first-order chi connectivity index (χ1) is 20.5. The summed E-state index contributed by atoms with van der Waals surface area (Å²) in [6.07, 6.45) is 6.78. The topological polar surface area (TPSA) is 98.3 Å². The van der Waals surface area contributed by atoms with E-state index in [1.165, 1.54) is 6.20 Å². The van der Waals surface area contributed by atoms with Gasteiger partial charge < -0.3 is 28.6 Å². The molecule has 0 saturated carbocycles. The highest BCUT2D eigenvalue weighted by molar-refractivity contribution is 8.29. The van der Waals surface area contributed by atoms with Crippen LogP contribution in [0.5, 0.6) is 11.5 Å². The molecule has 1 saturated heterocycles. The fourth-order valence-electron chi connectivity index (χ4n) is 4.54. The second-order valence-electron chi connectivity index (χ2n) is 11.9. The van der Waals surface area contributed by atoms with Crippen molar-refractivity contribution in [1.29, 1.82) is 0 Å². The van der Waals surface area contributed by atoms with Gasteiger partial charge in [0.25, 0.3) is 5.91 Å². The molecule has 4 rings (SSSR count). The number of hydrogen-bond acceptors (Lipinski definition) is 9. The Morgan fingerprint density at radius 2 is 1.72 bits per heavy atom. The zero-order valence-electron chi connectivity index (χ0n) is 26.6. The molecule has 2 aromatic carbocycles. The van der Waals surface area contributed by atoms with Crippen molar-refractivity contribution in [3.63, 3.8) is 0 Å². The number of morpholine rings is 1. The van der Waals surface area contributed by atoms with Crippen molar-refractivity contribution in [1.82, 2.24) is 20.2 Å². The van der Waals surface area contributed by atoms with Gasteiger partial charge in [-0.3, -0.25) is 14.7 Å². The molecule has 11 heteroatoms. The summed E-state index contributed by atoms with van der Waals surface area (Å²) in [6.45, 7) is 12.6. The fourth-order valence-corrected chi connectivity index (χ4v) is 5.43. The second-order valence-corrected chi connectivity index (χ2v) is 15.8. The Kier molecular flexibility index (Phi) is 11.1. The molecule has 0 aliphatic carbocycles. The number of nitrogens with one attached hydrogen (secondary N) is 1. The zero-order chi connectivity index (χ0) is 31.0. The minimum Gasteiger partial charge on any atom is -0.497 e. The SMILES string of the molecule is COc1cc(OC)cc(N(CCCOS(C)(C)C(C)(C)C)c2ccc3ncc(C(=O)NCCN4CCOCC4)nc3c2)c1. The lowest BCUT2D eigenvalue weighted by molar-refractivity contribution is 0.0383. The van der Waals surface area contributed by atoms with Gasteiger partial charge in [0.2, 0.25) is 0 Å². The molecule has 43 heavy (non-hydrogen) atoms. The lowest BCUT2D eigenvalue weighted by Crippen LogP contribution is -2.41. The smallest absolute Gasteiger partial charge is 0.271 e. The van der Waals surface area contributed by atoms with Crippen molar-refractivity contribution >= 4 is 38.6 Å². The molecule has 1 aliphatic heterocycles. The Bertz CT molecular complexity index is 1350. The average Bonchev–Trinajstić information content (AvgIpc) is 3.00. The first-order valence-corrected chi connectivity index (χ1v) is 17.1. The Balaban J connectivity index is 1.55. The van der Waals surface area contributed by atoms with Crippen LogP contribution in [0.2, 0.25) is 0 Å². The molecule has 3 aromatic rings. The molecule has 1 aliphatic rings. The van der Waals surface area contributed by atoms with E-state index < -0.39 is 10.3 Å². The Morgan fingerprint density at radius 3 is 2.37 bits per heavy atom. The molecule has 10 nitrogen and oxygen atoms in total. The fraction of sp³-hybridized carbons (Fsp3) is 0.531. The summed E-state index contributed by atoms with van der Waals surface area (Å²) >= 11 is 0. The van der Waals surface area contributed by atoms with Crippen LogP contribution in [-0.4, -0.2) is 105 Å². The molecule has 0 radical (unpaired) electrons. The molecule has 0 unspecified atom stereocenters. The monoisotopic (exact) mass is 613 g/mol. The summed E-state index contributed by atoms with van der Waals surface area (Å²) in [7, 11) is 2.07. The Labute approximate surface area is 257 Å². The van der Waals surface area contributed by atoms with Crippen LogP contribution >= 0.6 is 10.3 Å². The van der Waals surface area contributed by atoms with Crippen LogP contribution in [0.3, 0.4) is 0 Å². The first-order valence-electron chi connectivity index (χ1n) is 14.7. The maximum Gasteiger partial charge on any atom is 0.271 e. The summed E-state index contributed by atoms with van der Waals surface area (Å²) in [4.78, 5) is 26.6. The van der Waals surface area contributed by atoms with E-state index in [1.54, 1.807) is 14.2 Å². The largest absolute Gasteiger partial charge is 0.497 e. The first kappa shape index (κ1) is 32.8. The number of rotatable bonds is 13. The van der Waals surface area contributed by atoms with Crippen molar-refractivity contribution in [3.05, 3.63) is 48.3 Å². The number of anilines is 2. The normalized spacial score (nSPS) is 14.9. The summed E-state index contributed by atoms with van der Waals surface area (Å²) in [5, 5.41) is 2.98. The van der Waals surface area contributed by atoms with Gasteiger partial charge in [0.05, 0.1) is 51.3 Å². The number of aromatic nitrogens is 2. The van der Waals surface area contributed by atoms with Gasteiger partial charge in [0, 0.05) is 67.0 Å². The summed E-state index contributed by atoms with van der Waals surface area (Å²) < 4.78 is 23.1. The van der Waals surface area contributed by atoms with Crippen LogP contribution in [0.25, 0.3) is 11.0 Å². The molecule has 1 amide bonds. The highest BCUT2D eigenvalue weighted by atomic mass is 32.3. The Hall–Kier alpha value is -3.12. The van der Waals surface area contributed by atoms with Gasteiger partial charge in [-0.2, -0.15) is 0 Å². The average molecular weight is 614 g/mol. The molecular formula is C32H47N5O5S. The molecule has 0 bridgehead atoms. The summed E-state index contributed by atoms with van der Waals surface area (Å²) in [5.74, 6) is 1.17. The molecule has 0 atom stereocenters. The van der Waals surface area contributed by atoms with E-state index >= 15 is 0 Å². The maximum atomic E-state index is 12.9. The van der Waals surface area contributed by atoms with Crippen molar-refractivity contribution < 1.29 is 23.2 Å². The van der Waals surface area contributed by atoms with E-state index in [2.05, 4.69) is 53.4 Å². The molecule has 1 N–H and O–H groups in total. The molecular weight excluding hydrogens is 566 g/mol. The van der Waals surface area contributed by atoms with Gasteiger partial charge in [0.1, 0.15) is 17.2 Å². The lowest BCUT2D eigenvalue weighted by Gasteiger charge is -2.43. The molecule has 1 fully saturated rings. The zero-order valence-corrected chi connectivity index (χ0v) is 27.5. The molecule has 1 aromatic heterocycles. The number of fused-ring (bicyclic) bond motifs is 1. The van der Waals surface area contributed by atoms with Crippen LogP contribution in [0.15, 0.2) is 42.6 Å². The quantitative estimate of drug-likeness (QED) is 0.266. The minimum atomic E-state index is -1.22. The van der Waals surface area contributed by atoms with Gasteiger partial charge in [-0.15, -0.1) is 10.3 Å². The third-order valence-electron chi connectivity index (χ3n) is 7.91. The highest BCUT2D eigenvalue weighted by Crippen LogP contribution is 2.53. The van der Waals surface area contributed by atoms with Crippen molar-refractivity contribution in [3.8, 4) is 11.5 Å². The standard InChI is InChI=1S/C32H47N5O5S/c1-32(2,3)43(6,7)42-16-8-12-37(25-19-26(39-4)22-27(20-25)40-5)24-9-10-28-29(21-24)35-30(23-34-28)31(38)33-11-13-36-14-17-41-18-15-36/h9-10,19-23H,8,11-18H2,1-7H3,(H,33,38). The van der Waals surface area contributed by atoms with Crippen molar-refractivity contribution in [2.75, 3.05) is 84.2 Å². The van der Waals surface area contributed by atoms with Gasteiger partial charge >= 0.3 is 0 Å². The van der Waals surface area contributed by atoms with Gasteiger partial charge in [-0.25, -0.2) is 4.98 Å². The van der Waals surface area contributed by atoms with Crippen LogP contribution in [0, 0.1) is 0 Å². The van der Waals surface area contributed by atoms with Gasteiger partial charge in [-0.05, 0) is 37.1 Å². The maximum absolute atomic E-state index is 12.9. The number of carbonyl (C=O) groups excluding carboxylic acids is 1. The molecule has 2 heterocycles. The minimum absolute atomic E-state index is 0.0936. The van der Waals surface area contributed by atoms with E-state index in [0.717, 1.165) is 56.2 Å². The van der Waals surface area contributed by atoms with Gasteiger partial charge in [-0.1, -0.05) is 20.8 Å². The highest BCUT2D eigenvalue weighted by Gasteiger charge is 2.28. The number of ether oxygens (including phenoxy) is 3. The lowest BCUT2D eigenvalue weighted by atomic mass is 10.2.